The number of thiazole rings is 1. The molecule has 1 unspecified atom stereocenters. The Kier molecular flexibility index (Phi) is 6.84. The Hall–Kier alpha value is -2.83. The first-order valence-electron chi connectivity index (χ1n) is 11.5. The monoisotopic (exact) mass is 524 g/mol. The molecule has 5 rings (SSSR count). The van der Waals surface area contributed by atoms with Crippen LogP contribution in [-0.2, 0) is 40.2 Å². The second-order valence-electron chi connectivity index (χ2n) is 8.92. The van der Waals surface area contributed by atoms with Gasteiger partial charge in [0.15, 0.2) is 5.69 Å². The number of ether oxygens (including phenoxy) is 2. The number of fused-ring (bicyclic) bond motifs is 1. The van der Waals surface area contributed by atoms with Crippen molar-refractivity contribution in [3.63, 3.8) is 0 Å². The van der Waals surface area contributed by atoms with Crippen LogP contribution in [0.25, 0.3) is 0 Å². The molecule has 1 atom stereocenters. The summed E-state index contributed by atoms with van der Waals surface area (Å²) in [7, 11) is 0. The van der Waals surface area contributed by atoms with Crippen molar-refractivity contribution in [3.05, 3.63) is 68.7 Å². The fourth-order valence-electron chi connectivity index (χ4n) is 4.45. The van der Waals surface area contributed by atoms with E-state index in [1.165, 1.54) is 24.3 Å². The molecule has 2 aliphatic heterocycles. The summed E-state index contributed by atoms with van der Waals surface area (Å²) in [5.41, 5.74) is 1.17. The highest BCUT2D eigenvalue weighted by atomic mass is 32.1. The summed E-state index contributed by atoms with van der Waals surface area (Å²) < 4.78 is 65.5. The predicted octanol–water partition coefficient (Wildman–Crippen LogP) is 4.96. The van der Waals surface area contributed by atoms with Crippen LogP contribution < -0.4 is 0 Å². The summed E-state index contributed by atoms with van der Waals surface area (Å²) in [6, 6.07) is 5.80. The van der Waals surface area contributed by atoms with E-state index in [2.05, 4.69) is 5.10 Å². The van der Waals surface area contributed by atoms with Gasteiger partial charge in [-0.25, -0.2) is 9.37 Å². The van der Waals surface area contributed by atoms with E-state index >= 15 is 0 Å². The maximum Gasteiger partial charge on any atom is 0.435 e. The van der Waals surface area contributed by atoms with Crippen molar-refractivity contribution in [1.82, 2.24) is 19.7 Å². The first-order valence-corrected chi connectivity index (χ1v) is 12.4. The van der Waals surface area contributed by atoms with Gasteiger partial charge in [-0.1, -0.05) is 12.1 Å². The van der Waals surface area contributed by atoms with Gasteiger partial charge in [-0.3, -0.25) is 9.48 Å². The van der Waals surface area contributed by atoms with Crippen LogP contribution in [0.15, 0.2) is 29.6 Å². The molecule has 0 bridgehead atoms. The summed E-state index contributed by atoms with van der Waals surface area (Å²) in [6.07, 6.45) is -3.86. The van der Waals surface area contributed by atoms with Gasteiger partial charge in [0.1, 0.15) is 18.1 Å². The number of aromatic nitrogens is 3. The van der Waals surface area contributed by atoms with Crippen molar-refractivity contribution in [2.24, 2.45) is 0 Å². The third-order valence-electron chi connectivity index (χ3n) is 6.52. The van der Waals surface area contributed by atoms with Crippen LogP contribution in [0.3, 0.4) is 0 Å². The molecule has 0 radical (unpaired) electrons. The lowest BCUT2D eigenvalue weighted by Crippen LogP contribution is -2.40. The number of amides is 1. The number of piperidine rings is 1. The molecule has 3 aromatic rings. The molecular formula is C24H24F4N4O3S. The molecule has 0 spiro atoms. The Balaban J connectivity index is 1.16. The molecule has 36 heavy (non-hydrogen) atoms. The van der Waals surface area contributed by atoms with E-state index < -0.39 is 18.2 Å². The Morgan fingerprint density at radius 2 is 1.94 bits per heavy atom. The van der Waals surface area contributed by atoms with Crippen molar-refractivity contribution in [3.8, 4) is 0 Å². The first-order chi connectivity index (χ1) is 17.2. The zero-order chi connectivity index (χ0) is 25.4. The van der Waals surface area contributed by atoms with E-state index in [0.717, 1.165) is 21.3 Å². The zero-order valence-corrected chi connectivity index (χ0v) is 20.2. The highest BCUT2D eigenvalue weighted by Crippen LogP contribution is 2.35. The fraction of sp³-hybridized carbons (Fsp3) is 0.458. The number of carbonyl (C=O) groups is 1. The van der Waals surface area contributed by atoms with Gasteiger partial charge in [0, 0.05) is 35.6 Å². The Bertz CT molecular complexity index is 1250. The van der Waals surface area contributed by atoms with Crippen molar-refractivity contribution >= 4 is 17.2 Å². The van der Waals surface area contributed by atoms with Gasteiger partial charge in [0.05, 0.1) is 18.2 Å². The molecule has 12 heteroatoms. The summed E-state index contributed by atoms with van der Waals surface area (Å²) in [5, 5.41) is 6.33. The van der Waals surface area contributed by atoms with Crippen LogP contribution in [0.5, 0.6) is 0 Å². The largest absolute Gasteiger partial charge is 0.435 e. The maximum atomic E-state index is 14.1. The molecule has 0 N–H and O–H groups in total. The van der Waals surface area contributed by atoms with Gasteiger partial charge in [-0.15, -0.1) is 11.3 Å². The Labute approximate surface area is 208 Å². The lowest BCUT2D eigenvalue weighted by atomic mass is 9.97. The minimum Gasteiger partial charge on any atom is -0.342 e. The molecule has 2 aliphatic rings. The average molecular weight is 525 g/mol. The highest BCUT2D eigenvalue weighted by molar-refractivity contribution is 7.09. The second-order valence-corrected chi connectivity index (χ2v) is 9.81. The lowest BCUT2D eigenvalue weighted by molar-refractivity contribution is -0.155. The summed E-state index contributed by atoms with van der Waals surface area (Å²) in [6.45, 7) is 2.56. The van der Waals surface area contributed by atoms with E-state index in [0.29, 0.717) is 37.2 Å². The standard InChI is InChI=1S/C24H24F4N4O3S/c1-14-9-20(24(26,27)28)30-32(14)10-21(33)31-7-5-15(6-8-31)22-29-19(13-36-22)23-34-11-16-3-2-4-18(25)17(16)12-35-23/h2-4,9,13,15,23H,5-8,10-12H2,1H3. The van der Waals surface area contributed by atoms with Crippen molar-refractivity contribution in [2.45, 2.75) is 57.9 Å². The van der Waals surface area contributed by atoms with Crippen molar-refractivity contribution in [2.75, 3.05) is 13.1 Å². The van der Waals surface area contributed by atoms with E-state index in [1.54, 1.807) is 11.0 Å². The summed E-state index contributed by atoms with van der Waals surface area (Å²) in [5.74, 6) is -0.433. The molecule has 192 valence electrons. The SMILES string of the molecule is Cc1cc(C(F)(F)F)nn1CC(=O)N1CCC(c2nc(C3OCc4cccc(F)c4CO3)cs2)CC1. The summed E-state index contributed by atoms with van der Waals surface area (Å²) >= 11 is 1.49. The average Bonchev–Trinajstić information content (AvgIpc) is 3.41. The predicted molar refractivity (Wildman–Crippen MR) is 121 cm³/mol. The number of benzene rings is 1. The highest BCUT2D eigenvalue weighted by Gasteiger charge is 2.35. The number of hydrogen-bond donors (Lipinski definition) is 0. The lowest BCUT2D eigenvalue weighted by Gasteiger charge is -2.31. The number of aryl methyl sites for hydroxylation is 1. The first kappa shape index (κ1) is 24.8. The Morgan fingerprint density at radius 3 is 2.67 bits per heavy atom. The van der Waals surface area contributed by atoms with Crippen LogP contribution in [-0.4, -0.2) is 38.7 Å². The number of rotatable bonds is 4. The van der Waals surface area contributed by atoms with Gasteiger partial charge in [0.25, 0.3) is 0 Å². The van der Waals surface area contributed by atoms with E-state index in [9.17, 15) is 22.4 Å². The molecular weight excluding hydrogens is 500 g/mol. The fourth-order valence-corrected chi connectivity index (χ4v) is 5.44. The summed E-state index contributed by atoms with van der Waals surface area (Å²) in [4.78, 5) is 19.1. The van der Waals surface area contributed by atoms with Crippen LogP contribution >= 0.6 is 11.3 Å². The third kappa shape index (κ3) is 5.16. The van der Waals surface area contributed by atoms with Crippen LogP contribution in [0.2, 0.25) is 0 Å². The quantitative estimate of drug-likeness (QED) is 0.452. The smallest absolute Gasteiger partial charge is 0.342 e. The molecule has 1 amide bonds. The molecule has 7 nitrogen and oxygen atoms in total. The number of carbonyl (C=O) groups excluding carboxylic acids is 1. The zero-order valence-electron chi connectivity index (χ0n) is 19.4. The molecule has 1 aromatic carbocycles. The molecule has 0 saturated carbocycles. The van der Waals surface area contributed by atoms with Gasteiger partial charge < -0.3 is 14.4 Å². The van der Waals surface area contributed by atoms with Gasteiger partial charge in [0.2, 0.25) is 12.2 Å². The van der Waals surface area contributed by atoms with Gasteiger partial charge >= 0.3 is 6.18 Å². The Morgan fingerprint density at radius 1 is 1.19 bits per heavy atom. The maximum absolute atomic E-state index is 14.1. The number of likely N-dealkylation sites (tertiary alicyclic amines) is 1. The number of hydrogen-bond acceptors (Lipinski definition) is 6. The minimum absolute atomic E-state index is 0.0974. The molecule has 4 heterocycles. The van der Waals surface area contributed by atoms with Crippen molar-refractivity contribution in [1.29, 1.82) is 0 Å². The van der Waals surface area contributed by atoms with Crippen LogP contribution in [0.4, 0.5) is 17.6 Å². The second kappa shape index (κ2) is 9.91. The van der Waals surface area contributed by atoms with Gasteiger partial charge in [-0.05, 0) is 37.5 Å². The molecule has 1 fully saturated rings. The normalized spacial score (nSPS) is 19.2. The van der Waals surface area contributed by atoms with Crippen molar-refractivity contribution < 1.29 is 31.8 Å². The third-order valence-corrected chi connectivity index (χ3v) is 7.55. The van der Waals surface area contributed by atoms with E-state index in [1.807, 2.05) is 11.4 Å². The van der Waals surface area contributed by atoms with Crippen LogP contribution in [0, 0.1) is 12.7 Å². The van der Waals surface area contributed by atoms with E-state index in [-0.39, 0.29) is 43.1 Å². The van der Waals surface area contributed by atoms with E-state index in [4.69, 9.17) is 14.5 Å². The number of halogens is 4. The number of nitrogens with zero attached hydrogens (tertiary/aromatic N) is 4. The minimum atomic E-state index is -4.54. The van der Waals surface area contributed by atoms with Crippen LogP contribution in [0.1, 0.15) is 58.3 Å². The molecule has 0 aliphatic carbocycles. The topological polar surface area (TPSA) is 69.5 Å². The number of alkyl halides is 3. The van der Waals surface area contributed by atoms with Gasteiger partial charge in [-0.2, -0.15) is 18.3 Å². The molecule has 2 aromatic heterocycles. The molecule has 1 saturated heterocycles.